The highest BCUT2D eigenvalue weighted by Gasteiger charge is 2.16. The Labute approximate surface area is 159 Å². The highest BCUT2D eigenvalue weighted by Crippen LogP contribution is 2.30. The zero-order valence-electron chi connectivity index (χ0n) is 15.2. The summed E-state index contributed by atoms with van der Waals surface area (Å²) in [7, 11) is 1.58. The van der Waals surface area contributed by atoms with Crippen LogP contribution in [0, 0.1) is 6.92 Å². The molecule has 0 radical (unpaired) electrons. The van der Waals surface area contributed by atoms with Gasteiger partial charge in [0.2, 0.25) is 5.76 Å². The van der Waals surface area contributed by atoms with E-state index in [9.17, 15) is 9.59 Å². The Morgan fingerprint density at radius 2 is 1.75 bits per heavy atom. The molecule has 4 aromatic rings. The van der Waals surface area contributed by atoms with Crippen LogP contribution in [0.2, 0.25) is 0 Å². The fraction of sp³-hybridized carbons (Fsp3) is 0.0909. The van der Waals surface area contributed by atoms with Gasteiger partial charge >= 0.3 is 11.6 Å². The lowest BCUT2D eigenvalue weighted by Gasteiger charge is -2.10. The fourth-order valence-electron chi connectivity index (χ4n) is 3.04. The number of furan rings is 1. The second-order valence-corrected chi connectivity index (χ2v) is 6.14. The van der Waals surface area contributed by atoms with Crippen molar-refractivity contribution >= 4 is 16.9 Å². The standard InChI is InChI=1S/C22H16O6/c1-13-17-12-16(27-21(23)19-4-3-11-26-19)9-10-18(17)28-22(24)20(13)14-5-7-15(25-2)8-6-14/h3-12H,1-2H3. The third-order valence-corrected chi connectivity index (χ3v) is 4.45. The molecule has 0 aliphatic heterocycles. The molecule has 0 bridgehead atoms. The molecular formula is C22H16O6. The summed E-state index contributed by atoms with van der Waals surface area (Å²) >= 11 is 0. The number of methoxy groups -OCH3 is 1. The Hall–Kier alpha value is -3.80. The van der Waals surface area contributed by atoms with Gasteiger partial charge in [-0.1, -0.05) is 12.1 Å². The molecule has 0 N–H and O–H groups in total. The first-order chi connectivity index (χ1) is 13.6. The van der Waals surface area contributed by atoms with Crippen LogP contribution in [0.5, 0.6) is 11.5 Å². The Bertz CT molecular complexity index is 1200. The predicted molar refractivity (Wildman–Crippen MR) is 103 cm³/mol. The lowest BCUT2D eigenvalue weighted by molar-refractivity contribution is 0.0701. The van der Waals surface area contributed by atoms with Gasteiger partial charge in [0, 0.05) is 5.39 Å². The van der Waals surface area contributed by atoms with Crippen molar-refractivity contribution in [2.24, 2.45) is 0 Å². The van der Waals surface area contributed by atoms with Crippen molar-refractivity contribution < 1.29 is 23.1 Å². The van der Waals surface area contributed by atoms with Gasteiger partial charge < -0.3 is 18.3 Å². The number of aryl methyl sites for hydroxylation is 1. The van der Waals surface area contributed by atoms with Crippen LogP contribution >= 0.6 is 0 Å². The van der Waals surface area contributed by atoms with E-state index < -0.39 is 11.6 Å². The third kappa shape index (κ3) is 3.16. The van der Waals surface area contributed by atoms with Crippen molar-refractivity contribution in [2.45, 2.75) is 6.92 Å². The number of carbonyl (C=O) groups excluding carboxylic acids is 1. The number of hydrogen-bond acceptors (Lipinski definition) is 6. The van der Waals surface area contributed by atoms with Gasteiger partial charge in [0.25, 0.3) is 0 Å². The number of rotatable bonds is 4. The van der Waals surface area contributed by atoms with E-state index in [2.05, 4.69) is 0 Å². The van der Waals surface area contributed by atoms with Gasteiger partial charge in [0.15, 0.2) is 0 Å². The monoisotopic (exact) mass is 376 g/mol. The molecule has 0 fully saturated rings. The van der Waals surface area contributed by atoms with Gasteiger partial charge in [-0.3, -0.25) is 0 Å². The second-order valence-electron chi connectivity index (χ2n) is 6.14. The summed E-state index contributed by atoms with van der Waals surface area (Å²) < 4.78 is 21.0. The van der Waals surface area contributed by atoms with Crippen LogP contribution in [0.4, 0.5) is 0 Å². The maximum Gasteiger partial charge on any atom is 0.379 e. The number of esters is 1. The Kier molecular flexibility index (Phi) is 4.45. The van der Waals surface area contributed by atoms with Gasteiger partial charge in [-0.25, -0.2) is 9.59 Å². The Balaban J connectivity index is 1.77. The molecule has 4 rings (SSSR count). The first-order valence-electron chi connectivity index (χ1n) is 8.54. The van der Waals surface area contributed by atoms with E-state index >= 15 is 0 Å². The third-order valence-electron chi connectivity index (χ3n) is 4.45. The van der Waals surface area contributed by atoms with Crippen molar-refractivity contribution in [1.82, 2.24) is 0 Å². The summed E-state index contributed by atoms with van der Waals surface area (Å²) in [6.45, 7) is 1.83. The van der Waals surface area contributed by atoms with Crippen LogP contribution in [0.1, 0.15) is 16.1 Å². The molecule has 2 heterocycles. The topological polar surface area (TPSA) is 78.9 Å². The van der Waals surface area contributed by atoms with E-state index in [1.807, 2.05) is 6.92 Å². The Morgan fingerprint density at radius 3 is 2.43 bits per heavy atom. The molecule has 2 aromatic carbocycles. The lowest BCUT2D eigenvalue weighted by atomic mass is 9.99. The molecule has 0 saturated heterocycles. The van der Waals surface area contributed by atoms with Crippen molar-refractivity contribution in [1.29, 1.82) is 0 Å². The van der Waals surface area contributed by atoms with Crippen molar-refractivity contribution in [3.05, 3.63) is 82.6 Å². The lowest BCUT2D eigenvalue weighted by Crippen LogP contribution is -2.08. The van der Waals surface area contributed by atoms with E-state index in [0.717, 1.165) is 5.56 Å². The van der Waals surface area contributed by atoms with Gasteiger partial charge in [0.05, 0.1) is 18.9 Å². The highest BCUT2D eigenvalue weighted by atomic mass is 16.5. The molecule has 0 aliphatic rings. The minimum absolute atomic E-state index is 0.107. The minimum Gasteiger partial charge on any atom is -0.497 e. The van der Waals surface area contributed by atoms with Crippen LogP contribution in [0.25, 0.3) is 22.1 Å². The van der Waals surface area contributed by atoms with Crippen molar-refractivity contribution in [3.8, 4) is 22.6 Å². The van der Waals surface area contributed by atoms with Gasteiger partial charge in [-0.15, -0.1) is 0 Å². The molecule has 0 unspecified atom stereocenters. The molecule has 140 valence electrons. The van der Waals surface area contributed by atoms with Crippen molar-refractivity contribution in [3.63, 3.8) is 0 Å². The smallest absolute Gasteiger partial charge is 0.379 e. The zero-order valence-corrected chi connectivity index (χ0v) is 15.2. The molecule has 6 heteroatoms. The quantitative estimate of drug-likeness (QED) is 0.294. The SMILES string of the molecule is COc1ccc(-c2c(C)c3cc(OC(=O)c4ccco4)ccc3oc2=O)cc1. The number of carbonyl (C=O) groups is 1. The summed E-state index contributed by atoms with van der Waals surface area (Å²) in [5.41, 5.74) is 1.87. The molecule has 0 amide bonds. The number of fused-ring (bicyclic) bond motifs is 1. The highest BCUT2D eigenvalue weighted by molar-refractivity contribution is 5.91. The predicted octanol–water partition coefficient (Wildman–Crippen LogP) is 4.59. The molecule has 2 aromatic heterocycles. The maximum atomic E-state index is 12.5. The normalized spacial score (nSPS) is 10.8. The maximum absolute atomic E-state index is 12.5. The fourth-order valence-corrected chi connectivity index (χ4v) is 3.04. The summed E-state index contributed by atoms with van der Waals surface area (Å²) in [6.07, 6.45) is 1.40. The first-order valence-corrected chi connectivity index (χ1v) is 8.54. The summed E-state index contributed by atoms with van der Waals surface area (Å²) in [4.78, 5) is 24.6. The summed E-state index contributed by atoms with van der Waals surface area (Å²) in [5, 5.41) is 0.676. The van der Waals surface area contributed by atoms with Gasteiger partial charge in [0.1, 0.15) is 17.1 Å². The van der Waals surface area contributed by atoms with E-state index in [-0.39, 0.29) is 5.76 Å². The second kappa shape index (κ2) is 7.08. The summed E-state index contributed by atoms with van der Waals surface area (Å²) in [6, 6.07) is 15.1. The van der Waals surface area contributed by atoms with Gasteiger partial charge in [-0.05, 0) is 60.5 Å². The summed E-state index contributed by atoms with van der Waals surface area (Å²) in [5.74, 6) is 0.523. The van der Waals surface area contributed by atoms with Crippen LogP contribution in [0.15, 0.2) is 74.5 Å². The molecule has 0 atom stereocenters. The van der Waals surface area contributed by atoms with E-state index in [0.29, 0.717) is 33.6 Å². The number of hydrogen-bond donors (Lipinski definition) is 0. The van der Waals surface area contributed by atoms with E-state index in [1.54, 1.807) is 55.6 Å². The van der Waals surface area contributed by atoms with E-state index in [4.69, 9.17) is 18.3 Å². The number of benzene rings is 2. The van der Waals surface area contributed by atoms with E-state index in [1.165, 1.54) is 12.3 Å². The van der Waals surface area contributed by atoms with Crippen LogP contribution in [0.3, 0.4) is 0 Å². The van der Waals surface area contributed by atoms with Crippen molar-refractivity contribution in [2.75, 3.05) is 7.11 Å². The molecule has 0 spiro atoms. The average molecular weight is 376 g/mol. The molecule has 0 aliphatic carbocycles. The minimum atomic E-state index is -0.602. The molecule has 0 saturated carbocycles. The van der Waals surface area contributed by atoms with Crippen LogP contribution in [-0.2, 0) is 0 Å². The zero-order chi connectivity index (χ0) is 19.7. The van der Waals surface area contributed by atoms with Crippen LogP contribution in [-0.4, -0.2) is 13.1 Å². The first kappa shape index (κ1) is 17.6. The van der Waals surface area contributed by atoms with Gasteiger partial charge in [-0.2, -0.15) is 0 Å². The number of ether oxygens (including phenoxy) is 2. The Morgan fingerprint density at radius 1 is 1.00 bits per heavy atom. The van der Waals surface area contributed by atoms with Crippen LogP contribution < -0.4 is 15.1 Å². The molecular weight excluding hydrogens is 360 g/mol. The molecule has 28 heavy (non-hydrogen) atoms. The molecule has 6 nitrogen and oxygen atoms in total. The average Bonchev–Trinajstić information content (AvgIpc) is 3.24. The largest absolute Gasteiger partial charge is 0.497 e.